The number of furan rings is 1. The first-order chi connectivity index (χ1) is 15.9. The highest BCUT2D eigenvalue weighted by molar-refractivity contribution is 7.89. The second-order valence-electron chi connectivity index (χ2n) is 8.47. The van der Waals surface area contributed by atoms with Crippen LogP contribution < -0.4 is 0 Å². The zero-order valence-electron chi connectivity index (χ0n) is 18.4. The van der Waals surface area contributed by atoms with Crippen molar-refractivity contribution in [3.8, 4) is 11.1 Å². The Labute approximate surface area is 193 Å². The highest BCUT2D eigenvalue weighted by atomic mass is 32.2. The first-order valence-electron chi connectivity index (χ1n) is 11.0. The number of benzene rings is 3. The fourth-order valence-corrected chi connectivity index (χ4v) is 5.68. The summed E-state index contributed by atoms with van der Waals surface area (Å²) in [5, 5.41) is 1.05. The standard InChI is InChI=1S/C26H25FN2O3S/c1-19-5-7-20(8-6-19)21-9-10-26-22(15-21)16-24(32-26)18-28-11-13-29(14-12-28)33(30,31)25-4-2-3-23(27)17-25/h2-10,15-17H,11-14,18H2,1H3. The Kier molecular flexibility index (Phi) is 5.78. The molecule has 3 aromatic carbocycles. The van der Waals surface area contributed by atoms with E-state index in [2.05, 4.69) is 54.3 Å². The maximum atomic E-state index is 13.5. The molecule has 0 radical (unpaired) electrons. The van der Waals surface area contributed by atoms with Crippen LogP contribution in [0.1, 0.15) is 11.3 Å². The van der Waals surface area contributed by atoms with E-state index in [1.807, 2.05) is 6.07 Å². The van der Waals surface area contributed by atoms with Crippen molar-refractivity contribution in [3.05, 3.63) is 89.9 Å². The van der Waals surface area contributed by atoms with Crippen LogP contribution in [-0.4, -0.2) is 43.8 Å². The monoisotopic (exact) mass is 464 g/mol. The molecule has 1 aliphatic heterocycles. The Bertz CT molecular complexity index is 1390. The van der Waals surface area contributed by atoms with Crippen molar-refractivity contribution in [2.24, 2.45) is 0 Å². The first-order valence-corrected chi connectivity index (χ1v) is 12.4. The summed E-state index contributed by atoms with van der Waals surface area (Å²) >= 11 is 0. The minimum Gasteiger partial charge on any atom is -0.460 e. The van der Waals surface area contributed by atoms with Gasteiger partial charge in [-0.2, -0.15) is 4.31 Å². The van der Waals surface area contributed by atoms with Gasteiger partial charge in [-0.3, -0.25) is 4.90 Å². The maximum absolute atomic E-state index is 13.5. The molecule has 1 aliphatic rings. The molecule has 0 unspecified atom stereocenters. The molecule has 0 atom stereocenters. The Balaban J connectivity index is 1.26. The number of hydrogen-bond donors (Lipinski definition) is 0. The van der Waals surface area contributed by atoms with E-state index in [9.17, 15) is 12.8 Å². The molecule has 0 aliphatic carbocycles. The third kappa shape index (κ3) is 4.57. The molecule has 0 N–H and O–H groups in total. The van der Waals surface area contributed by atoms with Crippen molar-refractivity contribution in [2.45, 2.75) is 18.4 Å². The van der Waals surface area contributed by atoms with Gasteiger partial charge in [0.15, 0.2) is 0 Å². The average Bonchev–Trinajstić information content (AvgIpc) is 3.21. The summed E-state index contributed by atoms with van der Waals surface area (Å²) in [4.78, 5) is 2.17. The van der Waals surface area contributed by atoms with Crippen molar-refractivity contribution in [2.75, 3.05) is 26.2 Å². The zero-order valence-corrected chi connectivity index (χ0v) is 19.2. The lowest BCUT2D eigenvalue weighted by molar-refractivity contribution is 0.172. The third-order valence-corrected chi connectivity index (χ3v) is 7.99. The van der Waals surface area contributed by atoms with Crippen molar-refractivity contribution in [1.82, 2.24) is 9.21 Å². The van der Waals surface area contributed by atoms with Crippen LogP contribution in [0.4, 0.5) is 4.39 Å². The van der Waals surface area contributed by atoms with Gasteiger partial charge in [0, 0.05) is 31.6 Å². The fraction of sp³-hybridized carbons (Fsp3) is 0.231. The highest BCUT2D eigenvalue weighted by Gasteiger charge is 2.29. The Hall–Kier alpha value is -3.00. The van der Waals surface area contributed by atoms with Crippen LogP contribution in [0, 0.1) is 12.7 Å². The Morgan fingerprint density at radius 2 is 1.61 bits per heavy atom. The zero-order chi connectivity index (χ0) is 23.0. The summed E-state index contributed by atoms with van der Waals surface area (Å²) in [6, 6.07) is 21.9. The number of nitrogens with zero attached hydrogens (tertiary/aromatic N) is 2. The minimum absolute atomic E-state index is 0.00221. The number of sulfonamides is 1. The smallest absolute Gasteiger partial charge is 0.243 e. The van der Waals surface area contributed by atoms with E-state index in [1.165, 1.54) is 33.6 Å². The van der Waals surface area contributed by atoms with Gasteiger partial charge in [-0.05, 0) is 54.4 Å². The number of halogens is 1. The number of aryl methyl sites for hydroxylation is 1. The highest BCUT2D eigenvalue weighted by Crippen LogP contribution is 2.28. The normalized spacial score (nSPS) is 15.8. The van der Waals surface area contributed by atoms with Crippen LogP contribution in [0.5, 0.6) is 0 Å². The molecule has 0 bridgehead atoms. The summed E-state index contributed by atoms with van der Waals surface area (Å²) in [6.45, 7) is 4.57. The number of hydrogen-bond acceptors (Lipinski definition) is 4. The fourth-order valence-electron chi connectivity index (χ4n) is 4.23. The van der Waals surface area contributed by atoms with Crippen LogP contribution >= 0.6 is 0 Å². The van der Waals surface area contributed by atoms with Gasteiger partial charge in [0.05, 0.1) is 11.4 Å². The molecule has 7 heteroatoms. The molecule has 2 heterocycles. The summed E-state index contributed by atoms with van der Waals surface area (Å²) in [6.07, 6.45) is 0. The van der Waals surface area contributed by atoms with Gasteiger partial charge in [0.25, 0.3) is 0 Å². The molecule has 1 aromatic heterocycles. The molecule has 170 valence electrons. The molecule has 0 saturated carbocycles. The Morgan fingerprint density at radius 1 is 0.879 bits per heavy atom. The number of rotatable bonds is 5. The molecule has 4 aromatic rings. The van der Waals surface area contributed by atoms with E-state index in [-0.39, 0.29) is 4.90 Å². The van der Waals surface area contributed by atoms with Crippen LogP contribution in [0.15, 0.2) is 82.1 Å². The van der Waals surface area contributed by atoms with Gasteiger partial charge in [-0.25, -0.2) is 12.8 Å². The molecule has 1 saturated heterocycles. The summed E-state index contributed by atoms with van der Waals surface area (Å²) in [5.74, 6) is 0.303. The summed E-state index contributed by atoms with van der Waals surface area (Å²) in [7, 11) is -3.69. The largest absolute Gasteiger partial charge is 0.460 e. The molecular weight excluding hydrogens is 439 g/mol. The molecule has 33 heavy (non-hydrogen) atoms. The van der Waals surface area contributed by atoms with Gasteiger partial charge in [-0.1, -0.05) is 42.0 Å². The van der Waals surface area contributed by atoms with E-state index >= 15 is 0 Å². The van der Waals surface area contributed by atoms with Crippen LogP contribution in [-0.2, 0) is 16.6 Å². The number of piperazine rings is 1. The van der Waals surface area contributed by atoms with Crippen molar-refractivity contribution >= 4 is 21.0 Å². The molecule has 0 amide bonds. The number of fused-ring (bicyclic) bond motifs is 1. The van der Waals surface area contributed by atoms with Gasteiger partial charge >= 0.3 is 0 Å². The quantitative estimate of drug-likeness (QED) is 0.415. The lowest BCUT2D eigenvalue weighted by atomic mass is 10.0. The van der Waals surface area contributed by atoms with E-state index in [0.29, 0.717) is 32.7 Å². The molecule has 5 rings (SSSR count). The van der Waals surface area contributed by atoms with E-state index in [4.69, 9.17) is 4.42 Å². The van der Waals surface area contributed by atoms with Gasteiger partial charge in [0.2, 0.25) is 10.0 Å². The minimum atomic E-state index is -3.69. The first kappa shape index (κ1) is 21.8. The van der Waals surface area contributed by atoms with Crippen molar-refractivity contribution in [1.29, 1.82) is 0 Å². The summed E-state index contributed by atoms with van der Waals surface area (Å²) in [5.41, 5.74) is 4.38. The van der Waals surface area contributed by atoms with E-state index in [1.54, 1.807) is 0 Å². The lowest BCUT2D eigenvalue weighted by Gasteiger charge is -2.33. The van der Waals surface area contributed by atoms with E-state index < -0.39 is 15.8 Å². The maximum Gasteiger partial charge on any atom is 0.243 e. The molecule has 0 spiro atoms. The van der Waals surface area contributed by atoms with Gasteiger partial charge < -0.3 is 4.42 Å². The second kappa shape index (κ2) is 8.74. The van der Waals surface area contributed by atoms with Crippen molar-refractivity contribution in [3.63, 3.8) is 0 Å². The summed E-state index contributed by atoms with van der Waals surface area (Å²) < 4.78 is 46.6. The topological polar surface area (TPSA) is 53.8 Å². The average molecular weight is 465 g/mol. The van der Waals surface area contributed by atoms with Crippen LogP contribution in [0.2, 0.25) is 0 Å². The van der Waals surface area contributed by atoms with Gasteiger partial charge in [0.1, 0.15) is 17.2 Å². The van der Waals surface area contributed by atoms with Crippen LogP contribution in [0.3, 0.4) is 0 Å². The molecule has 5 nitrogen and oxygen atoms in total. The van der Waals surface area contributed by atoms with E-state index in [0.717, 1.165) is 28.4 Å². The molecule has 1 fully saturated rings. The second-order valence-corrected chi connectivity index (χ2v) is 10.4. The predicted octanol–water partition coefficient (Wildman–Crippen LogP) is 5.05. The molecular formula is C26H25FN2O3S. The third-order valence-electron chi connectivity index (χ3n) is 6.10. The van der Waals surface area contributed by atoms with Crippen LogP contribution in [0.25, 0.3) is 22.1 Å². The lowest BCUT2D eigenvalue weighted by Crippen LogP contribution is -2.48. The van der Waals surface area contributed by atoms with Crippen molar-refractivity contribution < 1.29 is 17.2 Å². The predicted molar refractivity (Wildman–Crippen MR) is 127 cm³/mol. The Morgan fingerprint density at radius 3 is 2.33 bits per heavy atom. The van der Waals surface area contributed by atoms with Gasteiger partial charge in [-0.15, -0.1) is 0 Å². The SMILES string of the molecule is Cc1ccc(-c2ccc3oc(CN4CCN(S(=O)(=O)c5cccc(F)c5)CC4)cc3c2)cc1.